The number of aromatic nitrogens is 3. The molecule has 24 heavy (non-hydrogen) atoms. The number of nitrogens with zero attached hydrogens (tertiary/aromatic N) is 4. The van der Waals surface area contributed by atoms with Gasteiger partial charge in [0.25, 0.3) is 0 Å². The zero-order chi connectivity index (χ0) is 16.9. The molecule has 0 bridgehead atoms. The first kappa shape index (κ1) is 15.6. The highest BCUT2D eigenvalue weighted by molar-refractivity contribution is 5.70. The minimum atomic E-state index is -0.281. The fraction of sp³-hybridized carbons (Fsp3) is 0.105. The minimum Gasteiger partial charge on any atom is -0.239 e. The largest absolute Gasteiger partial charge is 0.239 e. The molecule has 0 aliphatic carbocycles. The quantitative estimate of drug-likeness (QED) is 0.735. The van der Waals surface area contributed by atoms with Crippen LogP contribution >= 0.6 is 0 Å². The molecule has 5 heteroatoms. The summed E-state index contributed by atoms with van der Waals surface area (Å²) < 4.78 is 14.7. The molecule has 0 fully saturated rings. The molecule has 0 saturated carbocycles. The first-order chi connectivity index (χ1) is 11.7. The molecule has 3 rings (SSSR count). The van der Waals surface area contributed by atoms with Gasteiger partial charge in [0, 0.05) is 0 Å². The summed E-state index contributed by atoms with van der Waals surface area (Å²) in [5, 5.41) is 17.2. The number of aryl methyl sites for hydroxylation is 1. The van der Waals surface area contributed by atoms with Crippen LogP contribution in [0, 0.1) is 24.1 Å². The van der Waals surface area contributed by atoms with Crippen LogP contribution < -0.4 is 0 Å². The van der Waals surface area contributed by atoms with Crippen LogP contribution in [-0.4, -0.2) is 15.0 Å². The van der Waals surface area contributed by atoms with E-state index in [1.165, 1.54) is 12.1 Å². The number of hydrogen-bond acceptors (Lipinski definition) is 3. The average Bonchev–Trinajstić information content (AvgIpc) is 2.98. The lowest BCUT2D eigenvalue weighted by Crippen LogP contribution is -2.05. The van der Waals surface area contributed by atoms with Gasteiger partial charge in [-0.25, -0.2) is 9.07 Å². The first-order valence-electron chi connectivity index (χ1n) is 7.49. The van der Waals surface area contributed by atoms with E-state index in [0.717, 1.165) is 16.7 Å². The van der Waals surface area contributed by atoms with E-state index in [0.29, 0.717) is 12.2 Å². The smallest absolute Gasteiger partial charge is 0.190 e. The van der Waals surface area contributed by atoms with Crippen molar-refractivity contribution in [3.05, 3.63) is 82.4 Å². The van der Waals surface area contributed by atoms with E-state index in [4.69, 9.17) is 0 Å². The molecule has 0 N–H and O–H groups in total. The van der Waals surface area contributed by atoms with Gasteiger partial charge in [0.1, 0.15) is 11.9 Å². The molecule has 0 atom stereocenters. The summed E-state index contributed by atoms with van der Waals surface area (Å²) in [6.07, 6.45) is 3.59. The Labute approximate surface area is 139 Å². The van der Waals surface area contributed by atoms with Crippen molar-refractivity contribution in [1.29, 1.82) is 5.26 Å². The molecule has 1 aromatic heterocycles. The lowest BCUT2D eigenvalue weighted by molar-refractivity contribution is 0.628. The summed E-state index contributed by atoms with van der Waals surface area (Å²) in [7, 11) is 0. The van der Waals surface area contributed by atoms with E-state index in [2.05, 4.69) is 16.4 Å². The fourth-order valence-electron chi connectivity index (χ4n) is 2.38. The van der Waals surface area contributed by atoms with Crippen LogP contribution in [0.25, 0.3) is 12.2 Å². The number of benzene rings is 2. The molecule has 0 spiro atoms. The van der Waals surface area contributed by atoms with Crippen LogP contribution in [0.2, 0.25) is 0 Å². The molecule has 2 aromatic carbocycles. The molecule has 1 heterocycles. The highest BCUT2D eigenvalue weighted by Gasteiger charge is 2.11. The Morgan fingerprint density at radius 3 is 2.58 bits per heavy atom. The molecule has 4 nitrogen and oxygen atoms in total. The van der Waals surface area contributed by atoms with Crippen molar-refractivity contribution in [2.75, 3.05) is 0 Å². The molecular formula is C19H15FN4. The van der Waals surface area contributed by atoms with Gasteiger partial charge in [-0.1, -0.05) is 47.7 Å². The second kappa shape index (κ2) is 6.88. The normalized spacial score (nSPS) is 10.9. The second-order valence-electron chi connectivity index (χ2n) is 5.40. The topological polar surface area (TPSA) is 54.5 Å². The monoisotopic (exact) mass is 318 g/mol. The molecule has 118 valence electrons. The Balaban J connectivity index is 1.92. The summed E-state index contributed by atoms with van der Waals surface area (Å²) in [5.74, 6) is -0.281. The van der Waals surface area contributed by atoms with E-state index < -0.39 is 0 Å². The SMILES string of the molecule is Cc1ccccc1Cn1nnc(C#N)c1/C=C/c1ccc(F)cc1. The van der Waals surface area contributed by atoms with Crippen LogP contribution in [0.4, 0.5) is 4.39 Å². The number of halogens is 1. The summed E-state index contributed by atoms with van der Waals surface area (Å²) in [5.41, 5.74) is 4.00. The third-order valence-electron chi connectivity index (χ3n) is 3.76. The molecule has 0 aliphatic rings. The zero-order valence-electron chi connectivity index (χ0n) is 13.1. The average molecular weight is 318 g/mol. The van der Waals surface area contributed by atoms with E-state index >= 15 is 0 Å². The fourth-order valence-corrected chi connectivity index (χ4v) is 2.38. The Morgan fingerprint density at radius 2 is 1.88 bits per heavy atom. The number of nitriles is 1. The summed E-state index contributed by atoms with van der Waals surface area (Å²) in [6, 6.07) is 16.2. The van der Waals surface area contributed by atoms with E-state index in [1.54, 1.807) is 22.9 Å². The van der Waals surface area contributed by atoms with Gasteiger partial charge in [0.05, 0.1) is 12.2 Å². The molecule has 0 unspecified atom stereocenters. The standard InChI is InChI=1S/C19H15FN4/c1-14-4-2-3-5-16(14)13-24-19(18(12-21)22-23-24)11-8-15-6-9-17(20)10-7-15/h2-11H,13H2,1H3/b11-8+. The van der Waals surface area contributed by atoms with Crippen molar-refractivity contribution >= 4 is 12.2 Å². The van der Waals surface area contributed by atoms with Crippen molar-refractivity contribution in [2.45, 2.75) is 13.5 Å². The van der Waals surface area contributed by atoms with Gasteiger partial charge in [0.15, 0.2) is 5.69 Å². The van der Waals surface area contributed by atoms with Crippen molar-refractivity contribution in [1.82, 2.24) is 15.0 Å². The third-order valence-corrected chi connectivity index (χ3v) is 3.76. The van der Waals surface area contributed by atoms with E-state index in [-0.39, 0.29) is 11.5 Å². The highest BCUT2D eigenvalue weighted by Crippen LogP contribution is 2.15. The lowest BCUT2D eigenvalue weighted by atomic mass is 10.1. The van der Waals surface area contributed by atoms with Crippen LogP contribution in [0.15, 0.2) is 48.5 Å². The Morgan fingerprint density at radius 1 is 1.12 bits per heavy atom. The molecule has 0 aliphatic heterocycles. The molecule has 0 radical (unpaired) electrons. The van der Waals surface area contributed by atoms with Crippen molar-refractivity contribution in [3.8, 4) is 6.07 Å². The molecule has 0 amide bonds. The lowest BCUT2D eigenvalue weighted by Gasteiger charge is -2.07. The van der Waals surface area contributed by atoms with Gasteiger partial charge in [0.2, 0.25) is 0 Å². The van der Waals surface area contributed by atoms with Gasteiger partial charge in [-0.2, -0.15) is 5.26 Å². The molecule has 3 aromatic rings. The van der Waals surface area contributed by atoms with E-state index in [9.17, 15) is 9.65 Å². The first-order valence-corrected chi connectivity index (χ1v) is 7.49. The van der Waals surface area contributed by atoms with Crippen LogP contribution in [-0.2, 0) is 6.54 Å². The van der Waals surface area contributed by atoms with Gasteiger partial charge < -0.3 is 0 Å². The van der Waals surface area contributed by atoms with Gasteiger partial charge in [-0.15, -0.1) is 5.10 Å². The van der Waals surface area contributed by atoms with Crippen LogP contribution in [0.5, 0.6) is 0 Å². The van der Waals surface area contributed by atoms with Gasteiger partial charge >= 0.3 is 0 Å². The van der Waals surface area contributed by atoms with Crippen LogP contribution in [0.3, 0.4) is 0 Å². The maximum atomic E-state index is 13.0. The highest BCUT2D eigenvalue weighted by atomic mass is 19.1. The minimum absolute atomic E-state index is 0.266. The van der Waals surface area contributed by atoms with Gasteiger partial charge in [-0.3, -0.25) is 0 Å². The van der Waals surface area contributed by atoms with Crippen molar-refractivity contribution in [3.63, 3.8) is 0 Å². The predicted molar refractivity (Wildman–Crippen MR) is 90.3 cm³/mol. The Bertz CT molecular complexity index is 917. The number of hydrogen-bond donors (Lipinski definition) is 0. The maximum absolute atomic E-state index is 13.0. The second-order valence-corrected chi connectivity index (χ2v) is 5.40. The molecular weight excluding hydrogens is 303 g/mol. The summed E-state index contributed by atoms with van der Waals surface area (Å²) in [6.45, 7) is 2.57. The van der Waals surface area contributed by atoms with Crippen LogP contribution in [0.1, 0.15) is 28.1 Å². The Kier molecular flexibility index (Phi) is 4.48. The summed E-state index contributed by atoms with van der Waals surface area (Å²) in [4.78, 5) is 0. The van der Waals surface area contributed by atoms with Crippen molar-refractivity contribution < 1.29 is 4.39 Å². The molecule has 0 saturated heterocycles. The van der Waals surface area contributed by atoms with E-state index in [1.807, 2.05) is 37.3 Å². The van der Waals surface area contributed by atoms with Crippen molar-refractivity contribution in [2.24, 2.45) is 0 Å². The summed E-state index contributed by atoms with van der Waals surface area (Å²) >= 11 is 0. The third kappa shape index (κ3) is 3.39. The zero-order valence-corrected chi connectivity index (χ0v) is 13.1. The predicted octanol–water partition coefficient (Wildman–Crippen LogP) is 3.82. The maximum Gasteiger partial charge on any atom is 0.190 e. The number of rotatable bonds is 4. The Hall–Kier alpha value is -3.26. The van der Waals surface area contributed by atoms with Gasteiger partial charge in [-0.05, 0) is 41.8 Å².